The number of halogens is 3. The lowest BCUT2D eigenvalue weighted by Gasteiger charge is -2.37. The second kappa shape index (κ2) is 6.69. The summed E-state index contributed by atoms with van der Waals surface area (Å²) in [5.74, 6) is 0.293. The van der Waals surface area contributed by atoms with Crippen LogP contribution in [0, 0.1) is 6.92 Å². The lowest BCUT2D eigenvalue weighted by atomic mass is 10.2. The van der Waals surface area contributed by atoms with Gasteiger partial charge >= 0.3 is 0 Å². The van der Waals surface area contributed by atoms with E-state index in [4.69, 9.17) is 39.5 Å². The Balaban J connectivity index is 1.73. The Bertz CT molecular complexity index is 884. The average molecular weight is 408 g/mol. The van der Waals surface area contributed by atoms with E-state index in [1.54, 1.807) is 25.3 Å². The number of nitrogens with zero attached hydrogens (tertiary/aromatic N) is 2. The van der Waals surface area contributed by atoms with Crippen molar-refractivity contribution >= 4 is 44.8 Å². The summed E-state index contributed by atoms with van der Waals surface area (Å²) in [6.45, 7) is 2.13. The molecule has 128 valence electrons. The molecular weight excluding hydrogens is 395 g/mol. The third-order valence-electron chi connectivity index (χ3n) is 3.65. The van der Waals surface area contributed by atoms with Crippen molar-refractivity contribution < 1.29 is 13.2 Å². The molecule has 1 aliphatic heterocycles. The van der Waals surface area contributed by atoms with Gasteiger partial charge in [-0.05, 0) is 36.8 Å². The molecule has 0 spiro atoms. The highest BCUT2D eigenvalue weighted by Crippen LogP contribution is 2.33. The van der Waals surface area contributed by atoms with Crippen molar-refractivity contribution in [3.05, 3.63) is 51.1 Å². The number of ether oxygens (including phenoxy) is 1. The van der Waals surface area contributed by atoms with Gasteiger partial charge in [0.05, 0.1) is 18.1 Å². The van der Waals surface area contributed by atoms with E-state index in [0.29, 0.717) is 21.5 Å². The molecule has 0 amide bonds. The van der Waals surface area contributed by atoms with Gasteiger partial charge in [-0.15, -0.1) is 0 Å². The van der Waals surface area contributed by atoms with Crippen molar-refractivity contribution in [2.45, 2.75) is 17.9 Å². The van der Waals surface area contributed by atoms with Gasteiger partial charge in [0, 0.05) is 11.2 Å². The van der Waals surface area contributed by atoms with Crippen LogP contribution in [0.25, 0.3) is 0 Å². The van der Waals surface area contributed by atoms with Gasteiger partial charge < -0.3 is 4.74 Å². The molecular formula is C15H13Cl3N2O3S. The van der Waals surface area contributed by atoms with Gasteiger partial charge in [0.15, 0.2) is 0 Å². The maximum absolute atomic E-state index is 12.7. The van der Waals surface area contributed by atoms with Crippen LogP contribution in [-0.4, -0.2) is 36.9 Å². The van der Waals surface area contributed by atoms with Crippen LogP contribution in [0.15, 0.2) is 35.4 Å². The zero-order valence-electron chi connectivity index (χ0n) is 12.5. The number of hydrogen-bond acceptors (Lipinski definition) is 4. The summed E-state index contributed by atoms with van der Waals surface area (Å²) in [6, 6.07) is 6.27. The molecule has 0 bridgehead atoms. The van der Waals surface area contributed by atoms with Gasteiger partial charge in [0.2, 0.25) is 15.9 Å². The summed E-state index contributed by atoms with van der Waals surface area (Å²) in [6.07, 6.45) is 1.25. The van der Waals surface area contributed by atoms with Crippen molar-refractivity contribution in [3.63, 3.8) is 0 Å². The summed E-state index contributed by atoms with van der Waals surface area (Å²) in [5.41, 5.74) is 0.647. The highest BCUT2D eigenvalue weighted by molar-refractivity contribution is 7.89. The fraction of sp³-hybridized carbons (Fsp3) is 0.267. The highest BCUT2D eigenvalue weighted by atomic mass is 35.5. The van der Waals surface area contributed by atoms with Crippen molar-refractivity contribution in [2.75, 3.05) is 13.1 Å². The SMILES string of the molecule is Cc1cc(S(=O)(=O)N2CC(Oc3ncccc3Cl)C2)c(Cl)cc1Cl. The Morgan fingerprint density at radius 2 is 1.88 bits per heavy atom. The van der Waals surface area contributed by atoms with Gasteiger partial charge in [0.25, 0.3) is 0 Å². The Labute approximate surface area is 155 Å². The number of aromatic nitrogens is 1. The Morgan fingerprint density at radius 3 is 2.54 bits per heavy atom. The van der Waals surface area contributed by atoms with Gasteiger partial charge in [-0.1, -0.05) is 34.8 Å². The Kier molecular flexibility index (Phi) is 4.95. The predicted molar refractivity (Wildman–Crippen MR) is 93.6 cm³/mol. The van der Waals surface area contributed by atoms with E-state index in [2.05, 4.69) is 4.98 Å². The maximum atomic E-state index is 12.7. The fourth-order valence-electron chi connectivity index (χ4n) is 2.25. The third kappa shape index (κ3) is 3.34. The van der Waals surface area contributed by atoms with Crippen molar-refractivity contribution in [1.29, 1.82) is 0 Å². The van der Waals surface area contributed by atoms with Gasteiger partial charge in [-0.25, -0.2) is 13.4 Å². The van der Waals surface area contributed by atoms with Crippen LogP contribution in [0.1, 0.15) is 5.56 Å². The van der Waals surface area contributed by atoms with E-state index in [9.17, 15) is 8.42 Å². The van der Waals surface area contributed by atoms with Crippen LogP contribution >= 0.6 is 34.8 Å². The minimum Gasteiger partial charge on any atom is -0.470 e. The van der Waals surface area contributed by atoms with E-state index in [1.165, 1.54) is 16.4 Å². The minimum absolute atomic E-state index is 0.0420. The second-order valence-corrected chi connectivity index (χ2v) is 8.51. The molecule has 2 heterocycles. The normalized spacial score (nSPS) is 16.0. The zero-order chi connectivity index (χ0) is 17.5. The first-order chi connectivity index (χ1) is 11.3. The number of aryl methyl sites for hydroxylation is 1. The van der Waals surface area contributed by atoms with Crippen molar-refractivity contribution in [3.8, 4) is 5.88 Å². The van der Waals surface area contributed by atoms with E-state index >= 15 is 0 Å². The monoisotopic (exact) mass is 406 g/mol. The molecule has 1 fully saturated rings. The van der Waals surface area contributed by atoms with E-state index in [-0.39, 0.29) is 29.1 Å². The lowest BCUT2D eigenvalue weighted by Crippen LogP contribution is -2.56. The van der Waals surface area contributed by atoms with Gasteiger partial charge in [-0.2, -0.15) is 4.31 Å². The Hall–Kier alpha value is -1.05. The van der Waals surface area contributed by atoms with Crippen LogP contribution in [0.3, 0.4) is 0 Å². The topological polar surface area (TPSA) is 59.5 Å². The third-order valence-corrected chi connectivity index (χ3v) is 6.64. The molecule has 0 radical (unpaired) electrons. The number of hydrogen-bond donors (Lipinski definition) is 0. The molecule has 0 atom stereocenters. The summed E-state index contributed by atoms with van der Waals surface area (Å²) < 4.78 is 32.2. The number of benzene rings is 1. The lowest BCUT2D eigenvalue weighted by molar-refractivity contribution is 0.0722. The van der Waals surface area contributed by atoms with Gasteiger partial charge in [0.1, 0.15) is 16.0 Å². The number of sulfonamides is 1. The van der Waals surface area contributed by atoms with Crippen LogP contribution in [0.4, 0.5) is 0 Å². The van der Waals surface area contributed by atoms with E-state index < -0.39 is 10.0 Å². The summed E-state index contributed by atoms with van der Waals surface area (Å²) in [5, 5.41) is 0.909. The maximum Gasteiger partial charge on any atom is 0.244 e. The second-order valence-electron chi connectivity index (χ2n) is 5.38. The molecule has 1 aliphatic rings. The minimum atomic E-state index is -3.70. The highest BCUT2D eigenvalue weighted by Gasteiger charge is 2.39. The standard InChI is InChI=1S/C15H13Cl3N2O3S/c1-9-5-14(13(18)6-12(9)17)24(21,22)20-7-10(8-20)23-15-11(16)3-2-4-19-15/h2-6,10H,7-8H2,1H3. The fourth-order valence-corrected chi connectivity index (χ4v) is 4.73. The molecule has 0 N–H and O–H groups in total. The van der Waals surface area contributed by atoms with Crippen LogP contribution in [0.5, 0.6) is 5.88 Å². The number of pyridine rings is 1. The summed E-state index contributed by atoms with van der Waals surface area (Å²) >= 11 is 18.0. The average Bonchev–Trinajstić information content (AvgIpc) is 2.47. The first-order valence-electron chi connectivity index (χ1n) is 7.02. The Morgan fingerprint density at radius 1 is 1.17 bits per heavy atom. The predicted octanol–water partition coefficient (Wildman–Crippen LogP) is 3.80. The zero-order valence-corrected chi connectivity index (χ0v) is 15.6. The molecule has 1 aromatic carbocycles. The smallest absolute Gasteiger partial charge is 0.244 e. The van der Waals surface area contributed by atoms with Crippen LogP contribution in [-0.2, 0) is 10.0 Å². The largest absolute Gasteiger partial charge is 0.470 e. The molecule has 5 nitrogen and oxygen atoms in total. The van der Waals surface area contributed by atoms with Gasteiger partial charge in [-0.3, -0.25) is 0 Å². The quantitative estimate of drug-likeness (QED) is 0.773. The van der Waals surface area contributed by atoms with E-state index in [1.807, 2.05) is 0 Å². The molecule has 24 heavy (non-hydrogen) atoms. The van der Waals surface area contributed by atoms with Crippen LogP contribution in [0.2, 0.25) is 15.1 Å². The summed E-state index contributed by atoms with van der Waals surface area (Å²) in [7, 11) is -3.70. The van der Waals surface area contributed by atoms with Crippen molar-refractivity contribution in [2.24, 2.45) is 0 Å². The first-order valence-corrected chi connectivity index (χ1v) is 9.59. The molecule has 3 rings (SSSR count). The number of rotatable bonds is 4. The summed E-state index contributed by atoms with van der Waals surface area (Å²) in [4.78, 5) is 4.07. The molecule has 2 aromatic rings. The molecule has 1 saturated heterocycles. The first kappa shape index (κ1) is 17.8. The molecule has 0 saturated carbocycles. The van der Waals surface area contributed by atoms with E-state index in [0.717, 1.165) is 0 Å². The molecule has 9 heteroatoms. The molecule has 0 unspecified atom stereocenters. The van der Waals surface area contributed by atoms with Crippen LogP contribution < -0.4 is 4.74 Å². The molecule has 0 aliphatic carbocycles. The molecule has 1 aromatic heterocycles. The van der Waals surface area contributed by atoms with Crippen molar-refractivity contribution in [1.82, 2.24) is 9.29 Å².